The molecule has 2 aromatic rings. The minimum atomic E-state index is -2.28. The third-order valence-electron chi connectivity index (χ3n) is 11.2. The maximum atomic E-state index is 17.5. The Labute approximate surface area is 252 Å². The summed E-state index contributed by atoms with van der Waals surface area (Å²) in [5.41, 5.74) is 1.73. The van der Waals surface area contributed by atoms with Gasteiger partial charge in [0.25, 0.3) is 0 Å². The van der Waals surface area contributed by atoms with E-state index in [9.17, 15) is 19.8 Å². The number of fused-ring (bicyclic) bond motifs is 7. The Morgan fingerprint density at radius 2 is 1.93 bits per heavy atom. The van der Waals surface area contributed by atoms with Crippen molar-refractivity contribution in [3.05, 3.63) is 75.5 Å². The summed E-state index contributed by atoms with van der Waals surface area (Å²) >= 11 is 1.53. The Morgan fingerprint density at radius 3 is 2.65 bits per heavy atom. The van der Waals surface area contributed by atoms with Crippen molar-refractivity contribution in [3.8, 4) is 0 Å². The molecular weight excluding hydrogens is 576 g/mol. The molecule has 4 fully saturated rings. The normalized spacial score (nSPS) is 43.0. The Morgan fingerprint density at radius 1 is 1.19 bits per heavy atom. The first-order valence-corrected chi connectivity index (χ1v) is 15.6. The maximum absolute atomic E-state index is 17.5. The molecule has 2 heterocycles. The average molecular weight is 612 g/mol. The quantitative estimate of drug-likeness (QED) is 0.424. The number of nitrogens with two attached hydrogens (primary N) is 1. The van der Waals surface area contributed by atoms with E-state index in [1.54, 1.807) is 13.8 Å². The highest BCUT2D eigenvalue weighted by atomic mass is 32.1. The number of nitrogen functional groups attached to an aromatic ring is 1. The van der Waals surface area contributed by atoms with Crippen LogP contribution in [0.5, 0.6) is 0 Å². The Kier molecular flexibility index (Phi) is 6.48. The van der Waals surface area contributed by atoms with Crippen LogP contribution in [0, 0.1) is 22.7 Å². The first-order chi connectivity index (χ1) is 20.4. The van der Waals surface area contributed by atoms with Crippen LogP contribution in [0.25, 0.3) is 0 Å². The first kappa shape index (κ1) is 29.0. The van der Waals surface area contributed by atoms with Crippen LogP contribution in [-0.2, 0) is 25.5 Å². The van der Waals surface area contributed by atoms with Gasteiger partial charge in [-0.25, -0.2) is 8.78 Å². The molecule has 43 heavy (non-hydrogen) atoms. The SMILES string of the molecule is C[C@]12C=CC(=O)C=C1[C@@H](F)C[C@H]1[C@@H]3C[C@H]4O[C@@H](c5csc(Cc6ccc(N)cc6)c5)O[C@@]4(C(=O)CO)[C@@]3(C)C[C@H](O)[C@@]12F. The number of allylic oxidation sites excluding steroid dienone is 4. The topological polar surface area (TPSA) is 119 Å². The number of rotatable bonds is 5. The molecule has 1 saturated heterocycles. The summed E-state index contributed by atoms with van der Waals surface area (Å²) in [6.07, 6.45) is -0.643. The minimum Gasteiger partial charge on any atom is -0.399 e. The fraction of sp³-hybridized carbons (Fsp3) is 0.515. The molecule has 0 amide bonds. The third-order valence-corrected chi connectivity index (χ3v) is 12.2. The summed E-state index contributed by atoms with van der Waals surface area (Å²) < 4.78 is 46.3. The number of benzene rings is 1. The van der Waals surface area contributed by atoms with Gasteiger partial charge in [-0.15, -0.1) is 11.3 Å². The number of anilines is 1. The zero-order valence-electron chi connectivity index (χ0n) is 24.0. The largest absolute Gasteiger partial charge is 0.399 e. The number of carbonyl (C=O) groups excluding carboxylic acids is 2. The number of alkyl halides is 2. The molecule has 7 rings (SSSR count). The van der Waals surface area contributed by atoms with Gasteiger partial charge >= 0.3 is 0 Å². The summed E-state index contributed by atoms with van der Waals surface area (Å²) in [4.78, 5) is 26.9. The summed E-state index contributed by atoms with van der Waals surface area (Å²) in [5, 5.41) is 23.7. The zero-order valence-corrected chi connectivity index (χ0v) is 24.8. The van der Waals surface area contributed by atoms with Gasteiger partial charge in [0.2, 0.25) is 0 Å². The molecular formula is C33H35F2NO6S. The van der Waals surface area contributed by atoms with Crippen LogP contribution < -0.4 is 5.73 Å². The van der Waals surface area contributed by atoms with Crippen molar-refractivity contribution >= 4 is 28.6 Å². The second-order valence-electron chi connectivity index (χ2n) is 13.3. The first-order valence-electron chi connectivity index (χ1n) is 14.7. The minimum absolute atomic E-state index is 0.0422. The van der Waals surface area contributed by atoms with Crippen molar-refractivity contribution < 1.29 is 38.1 Å². The number of hydrogen-bond acceptors (Lipinski definition) is 8. The van der Waals surface area contributed by atoms with Crippen molar-refractivity contribution in [2.75, 3.05) is 12.3 Å². The van der Waals surface area contributed by atoms with Crippen LogP contribution in [0.3, 0.4) is 0 Å². The van der Waals surface area contributed by atoms with Crippen LogP contribution >= 0.6 is 11.3 Å². The average Bonchev–Trinajstić information content (AvgIpc) is 3.65. The number of Topliss-reactive ketones (excluding diaryl/α,β-unsaturated/α-hetero) is 1. The molecule has 0 bridgehead atoms. The van der Waals surface area contributed by atoms with Crippen LogP contribution in [-0.4, -0.2) is 58.0 Å². The van der Waals surface area contributed by atoms with E-state index in [1.807, 2.05) is 35.7 Å². The van der Waals surface area contributed by atoms with Crippen LogP contribution in [0.1, 0.15) is 55.4 Å². The van der Waals surface area contributed by atoms with Gasteiger partial charge in [-0.1, -0.05) is 25.1 Å². The van der Waals surface area contributed by atoms with Crippen molar-refractivity contribution in [3.63, 3.8) is 0 Å². The summed E-state index contributed by atoms with van der Waals surface area (Å²) in [5.74, 6) is -2.58. The standard InChI is InChI=1S/C33H35F2NO6S/c1-30-8-7-20(38)11-24(30)25(34)12-23-22-13-28-33(27(40)15-37,31(22,2)14-26(39)32(23,30)35)42-29(41-28)18-10-21(43-16-18)9-17-3-5-19(36)6-4-17/h3-8,10-11,16,22-23,25-26,28-29,37,39H,9,12-15,36H2,1-2H3/t22-,23-,25-,26-,28+,29+,30-,31-,32-,33+/m0/s1. The lowest BCUT2D eigenvalue weighted by Gasteiger charge is -2.63. The molecule has 10 atom stereocenters. The predicted octanol–water partition coefficient (Wildman–Crippen LogP) is 4.56. The molecule has 10 heteroatoms. The number of halogens is 2. The van der Waals surface area contributed by atoms with Crippen LogP contribution in [0.4, 0.5) is 14.5 Å². The number of ether oxygens (including phenoxy) is 2. The van der Waals surface area contributed by atoms with Crippen LogP contribution in [0.15, 0.2) is 59.5 Å². The highest BCUT2D eigenvalue weighted by Gasteiger charge is 2.80. The lowest BCUT2D eigenvalue weighted by molar-refractivity contribution is -0.235. The van der Waals surface area contributed by atoms with Crippen molar-refractivity contribution in [1.82, 2.24) is 0 Å². The predicted molar refractivity (Wildman–Crippen MR) is 156 cm³/mol. The van der Waals surface area contributed by atoms with Gasteiger partial charge in [-0.05, 0) is 79.0 Å². The third kappa shape index (κ3) is 3.76. The molecule has 4 aliphatic carbocycles. The Balaban J connectivity index is 1.22. The van der Waals surface area contributed by atoms with E-state index in [-0.39, 0.29) is 24.8 Å². The van der Waals surface area contributed by atoms with Crippen molar-refractivity contribution in [1.29, 1.82) is 0 Å². The zero-order chi connectivity index (χ0) is 30.5. The molecule has 5 aliphatic rings. The number of thiophene rings is 1. The Bertz CT molecular complexity index is 1560. The van der Waals surface area contributed by atoms with Gasteiger partial charge in [0.1, 0.15) is 12.8 Å². The van der Waals surface area contributed by atoms with E-state index in [0.717, 1.165) is 22.1 Å². The highest BCUT2D eigenvalue weighted by Crippen LogP contribution is 2.72. The van der Waals surface area contributed by atoms with Gasteiger partial charge in [0.15, 0.2) is 29.1 Å². The summed E-state index contributed by atoms with van der Waals surface area (Å²) in [7, 11) is 0. The van der Waals surface area contributed by atoms with E-state index in [2.05, 4.69) is 0 Å². The van der Waals surface area contributed by atoms with E-state index in [0.29, 0.717) is 12.1 Å². The number of aliphatic hydroxyl groups excluding tert-OH is 2. The van der Waals surface area contributed by atoms with E-state index in [1.165, 1.54) is 23.5 Å². The number of carbonyl (C=O) groups is 2. The Hall–Kier alpha value is -2.76. The molecule has 1 aromatic heterocycles. The smallest absolute Gasteiger partial charge is 0.193 e. The van der Waals surface area contributed by atoms with Gasteiger partial charge in [0, 0.05) is 39.3 Å². The number of hydrogen-bond donors (Lipinski definition) is 3. The molecule has 0 spiro atoms. The van der Waals surface area contributed by atoms with Gasteiger partial charge < -0.3 is 25.4 Å². The van der Waals surface area contributed by atoms with Gasteiger partial charge in [0.05, 0.1) is 12.2 Å². The molecule has 228 valence electrons. The molecule has 1 aromatic carbocycles. The molecule has 1 aliphatic heterocycles. The van der Waals surface area contributed by atoms with E-state index < -0.39 is 76.8 Å². The highest BCUT2D eigenvalue weighted by molar-refractivity contribution is 7.10. The maximum Gasteiger partial charge on any atom is 0.193 e. The van der Waals surface area contributed by atoms with E-state index in [4.69, 9.17) is 15.2 Å². The second-order valence-corrected chi connectivity index (χ2v) is 14.2. The lowest BCUT2D eigenvalue weighted by atomic mass is 9.44. The van der Waals surface area contributed by atoms with Crippen molar-refractivity contribution in [2.24, 2.45) is 22.7 Å². The second kappa shape index (κ2) is 9.62. The number of ketones is 2. The molecule has 3 saturated carbocycles. The molecule has 7 nitrogen and oxygen atoms in total. The monoisotopic (exact) mass is 611 g/mol. The van der Waals surface area contributed by atoms with Crippen LogP contribution in [0.2, 0.25) is 0 Å². The van der Waals surface area contributed by atoms with E-state index >= 15 is 8.78 Å². The van der Waals surface area contributed by atoms with Gasteiger partial charge in [-0.2, -0.15) is 0 Å². The summed E-state index contributed by atoms with van der Waals surface area (Å²) in [6, 6.07) is 9.58. The van der Waals surface area contributed by atoms with Crippen molar-refractivity contribution in [2.45, 2.75) is 75.5 Å². The molecule has 4 N–H and O–H groups in total. The fourth-order valence-electron chi connectivity index (χ4n) is 9.17. The lowest BCUT2D eigenvalue weighted by Crippen LogP contribution is -2.70. The van der Waals surface area contributed by atoms with Gasteiger partial charge in [-0.3, -0.25) is 9.59 Å². The summed E-state index contributed by atoms with van der Waals surface area (Å²) in [6.45, 7) is 2.50. The molecule has 0 unspecified atom stereocenters. The molecule has 0 radical (unpaired) electrons. The number of aliphatic hydroxyl groups is 2. The fourth-order valence-corrected chi connectivity index (χ4v) is 10.1.